The van der Waals surface area contributed by atoms with Gasteiger partial charge in [-0.2, -0.15) is 0 Å². The Morgan fingerprint density at radius 1 is 1.14 bits per heavy atom. The molecule has 1 heterocycles. The van der Waals surface area contributed by atoms with Gasteiger partial charge in [-0.05, 0) is 62.6 Å². The average molecular weight is 284 g/mol. The Hall–Kier alpha value is -1.87. The zero-order valence-corrected chi connectivity index (χ0v) is 13.3. The van der Waals surface area contributed by atoms with E-state index in [4.69, 9.17) is 4.74 Å². The normalized spacial score (nSPS) is 12.2. The maximum atomic E-state index is 5.54. The summed E-state index contributed by atoms with van der Waals surface area (Å²) in [5.74, 6) is 0.829. The Morgan fingerprint density at radius 2 is 1.95 bits per heavy atom. The van der Waals surface area contributed by atoms with Gasteiger partial charge in [0.25, 0.3) is 0 Å². The maximum Gasteiger partial charge on any atom is 0.137 e. The molecule has 2 aromatic rings. The van der Waals surface area contributed by atoms with Crippen molar-refractivity contribution in [1.29, 1.82) is 0 Å². The summed E-state index contributed by atoms with van der Waals surface area (Å²) in [6.45, 7) is 6.94. The van der Waals surface area contributed by atoms with E-state index in [0.717, 1.165) is 17.7 Å². The minimum Gasteiger partial charge on any atom is -0.492 e. The van der Waals surface area contributed by atoms with E-state index in [0.29, 0.717) is 6.61 Å². The molecule has 1 atom stereocenters. The first kappa shape index (κ1) is 15.5. The number of hydrogen-bond donors (Lipinski definition) is 1. The molecule has 0 fully saturated rings. The summed E-state index contributed by atoms with van der Waals surface area (Å²) in [5, 5.41) is 3.37. The number of pyridine rings is 1. The highest BCUT2D eigenvalue weighted by Gasteiger charge is 2.12. The van der Waals surface area contributed by atoms with Crippen LogP contribution in [-0.2, 0) is 6.42 Å². The molecule has 0 radical (unpaired) electrons. The third-order valence-electron chi connectivity index (χ3n) is 3.81. The highest BCUT2D eigenvalue weighted by molar-refractivity contribution is 5.32. The Morgan fingerprint density at radius 3 is 2.62 bits per heavy atom. The third-order valence-corrected chi connectivity index (χ3v) is 3.81. The summed E-state index contributed by atoms with van der Waals surface area (Å²) >= 11 is 0. The number of nitrogens with one attached hydrogen (secondary N) is 1. The van der Waals surface area contributed by atoms with Gasteiger partial charge in [0.2, 0.25) is 0 Å². The molecule has 0 amide bonds. The highest BCUT2D eigenvalue weighted by Crippen LogP contribution is 2.22. The lowest BCUT2D eigenvalue weighted by molar-refractivity contribution is 0.338. The summed E-state index contributed by atoms with van der Waals surface area (Å²) in [5.41, 5.74) is 5.16. The Labute approximate surface area is 127 Å². The molecule has 1 unspecified atom stereocenters. The lowest BCUT2D eigenvalue weighted by Crippen LogP contribution is -2.19. The molecule has 0 saturated carbocycles. The molecular weight excluding hydrogens is 260 g/mol. The summed E-state index contributed by atoms with van der Waals surface area (Å²) in [7, 11) is 1.99. The lowest BCUT2D eigenvalue weighted by atomic mass is 9.97. The van der Waals surface area contributed by atoms with Crippen LogP contribution in [0, 0.1) is 13.8 Å². The minimum absolute atomic E-state index is 0.236. The molecule has 3 nitrogen and oxygen atoms in total. The molecule has 0 aliphatic rings. The topological polar surface area (TPSA) is 34.1 Å². The monoisotopic (exact) mass is 284 g/mol. The van der Waals surface area contributed by atoms with E-state index in [-0.39, 0.29) is 6.04 Å². The zero-order valence-electron chi connectivity index (χ0n) is 13.3. The average Bonchev–Trinajstić information content (AvgIpc) is 2.49. The number of hydrogen-bond acceptors (Lipinski definition) is 3. The van der Waals surface area contributed by atoms with Gasteiger partial charge in [0, 0.05) is 12.2 Å². The molecule has 0 saturated heterocycles. The van der Waals surface area contributed by atoms with Crippen LogP contribution in [0.1, 0.15) is 35.2 Å². The lowest BCUT2D eigenvalue weighted by Gasteiger charge is -2.18. The van der Waals surface area contributed by atoms with E-state index in [1.165, 1.54) is 16.7 Å². The molecule has 0 aliphatic heterocycles. The van der Waals surface area contributed by atoms with E-state index >= 15 is 0 Å². The van der Waals surface area contributed by atoms with Crippen LogP contribution in [0.25, 0.3) is 0 Å². The summed E-state index contributed by atoms with van der Waals surface area (Å²) in [6.07, 6.45) is 4.61. The standard InChI is InChI=1S/C18H24N2O/c1-5-21-17-10-16(11-20-12-17)18(19-4)9-15-7-6-13(2)14(3)8-15/h6-8,10-12,18-19H,5,9H2,1-4H3. The highest BCUT2D eigenvalue weighted by atomic mass is 16.5. The fourth-order valence-corrected chi connectivity index (χ4v) is 2.42. The number of likely N-dealkylation sites (N-methyl/N-ethyl adjacent to an activating group) is 1. The van der Waals surface area contributed by atoms with E-state index in [2.05, 4.69) is 48.4 Å². The van der Waals surface area contributed by atoms with Gasteiger partial charge in [-0.1, -0.05) is 18.2 Å². The first-order chi connectivity index (χ1) is 10.1. The quantitative estimate of drug-likeness (QED) is 0.880. The van der Waals surface area contributed by atoms with Gasteiger partial charge in [-0.3, -0.25) is 4.98 Å². The fraction of sp³-hybridized carbons (Fsp3) is 0.389. The first-order valence-electron chi connectivity index (χ1n) is 7.45. The second-order valence-corrected chi connectivity index (χ2v) is 5.35. The van der Waals surface area contributed by atoms with Crippen LogP contribution in [0.3, 0.4) is 0 Å². The van der Waals surface area contributed by atoms with Gasteiger partial charge in [-0.15, -0.1) is 0 Å². The van der Waals surface area contributed by atoms with Gasteiger partial charge >= 0.3 is 0 Å². The second kappa shape index (κ2) is 7.23. The number of rotatable bonds is 6. The number of aryl methyl sites for hydroxylation is 2. The van der Waals surface area contributed by atoms with Crippen LogP contribution < -0.4 is 10.1 Å². The molecule has 2 rings (SSSR count). The number of benzene rings is 1. The molecule has 0 aliphatic carbocycles. The van der Waals surface area contributed by atoms with Gasteiger partial charge in [-0.25, -0.2) is 0 Å². The summed E-state index contributed by atoms with van der Waals surface area (Å²) in [4.78, 5) is 4.28. The van der Waals surface area contributed by atoms with Crippen LogP contribution in [0.4, 0.5) is 0 Å². The maximum absolute atomic E-state index is 5.54. The van der Waals surface area contributed by atoms with Crippen LogP contribution >= 0.6 is 0 Å². The molecule has 1 aromatic carbocycles. The van der Waals surface area contributed by atoms with Crippen molar-refractivity contribution in [3.63, 3.8) is 0 Å². The van der Waals surface area contributed by atoms with Crippen LogP contribution in [-0.4, -0.2) is 18.6 Å². The number of ether oxygens (including phenoxy) is 1. The van der Waals surface area contributed by atoms with Crippen LogP contribution in [0.5, 0.6) is 5.75 Å². The van der Waals surface area contributed by atoms with E-state index in [1.54, 1.807) is 6.20 Å². The Kier molecular flexibility index (Phi) is 5.34. The number of aromatic nitrogens is 1. The molecule has 1 N–H and O–H groups in total. The van der Waals surface area contributed by atoms with Gasteiger partial charge in [0.15, 0.2) is 0 Å². The van der Waals surface area contributed by atoms with E-state index in [1.807, 2.05) is 20.2 Å². The minimum atomic E-state index is 0.236. The largest absolute Gasteiger partial charge is 0.492 e. The third kappa shape index (κ3) is 4.05. The smallest absolute Gasteiger partial charge is 0.137 e. The molecule has 21 heavy (non-hydrogen) atoms. The summed E-state index contributed by atoms with van der Waals surface area (Å²) < 4.78 is 5.54. The summed E-state index contributed by atoms with van der Waals surface area (Å²) in [6, 6.07) is 8.96. The molecule has 1 aromatic heterocycles. The van der Waals surface area contributed by atoms with E-state index in [9.17, 15) is 0 Å². The van der Waals surface area contributed by atoms with Gasteiger partial charge in [0.1, 0.15) is 5.75 Å². The van der Waals surface area contributed by atoms with Crippen LogP contribution in [0.2, 0.25) is 0 Å². The van der Waals surface area contributed by atoms with Crippen molar-refractivity contribution in [2.75, 3.05) is 13.7 Å². The SMILES string of the molecule is CCOc1cncc(C(Cc2ccc(C)c(C)c2)NC)c1. The molecule has 0 spiro atoms. The molecular formula is C18H24N2O. The predicted molar refractivity (Wildman–Crippen MR) is 86.8 cm³/mol. The zero-order chi connectivity index (χ0) is 15.2. The second-order valence-electron chi connectivity index (χ2n) is 5.35. The molecule has 112 valence electrons. The van der Waals surface area contributed by atoms with Crippen molar-refractivity contribution in [2.24, 2.45) is 0 Å². The van der Waals surface area contributed by atoms with Crippen molar-refractivity contribution < 1.29 is 4.74 Å². The van der Waals surface area contributed by atoms with Crippen molar-refractivity contribution in [3.05, 3.63) is 58.9 Å². The van der Waals surface area contributed by atoms with E-state index < -0.39 is 0 Å². The number of nitrogens with zero attached hydrogens (tertiary/aromatic N) is 1. The first-order valence-corrected chi connectivity index (χ1v) is 7.45. The fourth-order valence-electron chi connectivity index (χ4n) is 2.42. The van der Waals surface area contributed by atoms with Gasteiger partial charge < -0.3 is 10.1 Å². The van der Waals surface area contributed by atoms with Crippen molar-refractivity contribution in [1.82, 2.24) is 10.3 Å². The van der Waals surface area contributed by atoms with Crippen molar-refractivity contribution in [2.45, 2.75) is 33.2 Å². The molecule has 3 heteroatoms. The van der Waals surface area contributed by atoms with Crippen molar-refractivity contribution in [3.8, 4) is 5.75 Å². The van der Waals surface area contributed by atoms with Crippen LogP contribution in [0.15, 0.2) is 36.7 Å². The van der Waals surface area contributed by atoms with Gasteiger partial charge in [0.05, 0.1) is 12.8 Å². The molecule has 0 bridgehead atoms. The van der Waals surface area contributed by atoms with Crippen molar-refractivity contribution >= 4 is 0 Å². The Bertz CT molecular complexity index is 596. The Balaban J connectivity index is 2.19. The predicted octanol–water partition coefficient (Wildman–Crippen LogP) is 3.60.